The lowest BCUT2D eigenvalue weighted by molar-refractivity contribution is 0.584. The van der Waals surface area contributed by atoms with Crippen molar-refractivity contribution in [2.24, 2.45) is 0 Å². The molecule has 4 aromatic rings. The summed E-state index contributed by atoms with van der Waals surface area (Å²) in [6.07, 6.45) is 1.48. The van der Waals surface area contributed by atoms with Gasteiger partial charge in [-0.3, -0.25) is 0 Å². The van der Waals surface area contributed by atoms with Crippen molar-refractivity contribution in [3.8, 4) is 0 Å². The normalized spacial score (nSPS) is 11.4. The van der Waals surface area contributed by atoms with Gasteiger partial charge in [0.1, 0.15) is 16.8 Å². The van der Waals surface area contributed by atoms with E-state index in [9.17, 15) is 12.8 Å². The Labute approximate surface area is 200 Å². The van der Waals surface area contributed by atoms with E-state index in [2.05, 4.69) is 20.6 Å². The highest BCUT2D eigenvalue weighted by Crippen LogP contribution is 2.29. The molecule has 0 radical (unpaired) electrons. The molecule has 0 aliphatic heterocycles. The number of nitrogens with zero attached hydrogens (tertiary/aromatic N) is 3. The summed E-state index contributed by atoms with van der Waals surface area (Å²) in [5, 5.41) is 7.05. The van der Waals surface area contributed by atoms with E-state index in [0.29, 0.717) is 23.4 Å². The molecule has 3 heterocycles. The first-order chi connectivity index (χ1) is 14.8. The topological polar surface area (TPSA) is 88.9 Å². The van der Waals surface area contributed by atoms with Crippen molar-refractivity contribution in [3.05, 3.63) is 76.4 Å². The van der Waals surface area contributed by atoms with Crippen molar-refractivity contribution >= 4 is 68.2 Å². The van der Waals surface area contributed by atoms with Crippen LogP contribution in [0.1, 0.15) is 5.56 Å². The van der Waals surface area contributed by atoms with Gasteiger partial charge in [-0.2, -0.15) is 0 Å². The highest BCUT2D eigenvalue weighted by molar-refractivity contribution is 7.90. The van der Waals surface area contributed by atoms with Crippen LogP contribution in [0.5, 0.6) is 0 Å². The van der Waals surface area contributed by atoms with Crippen LogP contribution in [0.25, 0.3) is 11.0 Å². The molecule has 0 fully saturated rings. The van der Waals surface area contributed by atoms with E-state index in [4.69, 9.17) is 23.2 Å². The Morgan fingerprint density at radius 2 is 1.88 bits per heavy atom. The summed E-state index contributed by atoms with van der Waals surface area (Å²) in [5.74, 6) is -0.295. The number of fused-ring (bicyclic) bond motifs is 1. The first-order valence-corrected chi connectivity index (χ1v) is 11.2. The average Bonchev–Trinajstić information content (AvgIpc) is 3.09. The van der Waals surface area contributed by atoms with Crippen LogP contribution in [0.2, 0.25) is 10.3 Å². The van der Waals surface area contributed by atoms with E-state index in [1.54, 1.807) is 31.3 Å². The number of hydrogen-bond acceptors (Lipinski definition) is 6. The molecular formula is C20H17Cl3FN5O2S. The van der Waals surface area contributed by atoms with Crippen LogP contribution in [0.4, 0.5) is 15.9 Å². The molecule has 32 heavy (non-hydrogen) atoms. The molecule has 4 rings (SSSR count). The lowest BCUT2D eigenvalue weighted by atomic mass is 10.2. The third kappa shape index (κ3) is 4.67. The Bertz CT molecular complexity index is 1400. The highest BCUT2D eigenvalue weighted by atomic mass is 35.5. The fourth-order valence-corrected chi connectivity index (χ4v) is 4.87. The predicted molar refractivity (Wildman–Crippen MR) is 126 cm³/mol. The lowest BCUT2D eigenvalue weighted by Crippen LogP contribution is -2.13. The third-order valence-electron chi connectivity index (χ3n) is 4.50. The summed E-state index contributed by atoms with van der Waals surface area (Å²) in [7, 11) is -2.33. The molecule has 7 nitrogen and oxygen atoms in total. The molecule has 3 aromatic heterocycles. The van der Waals surface area contributed by atoms with Crippen molar-refractivity contribution in [1.29, 1.82) is 0 Å². The number of benzene rings is 1. The van der Waals surface area contributed by atoms with E-state index in [0.717, 1.165) is 15.6 Å². The average molecular weight is 517 g/mol. The summed E-state index contributed by atoms with van der Waals surface area (Å²) < 4.78 is 41.2. The molecule has 12 heteroatoms. The number of hydrogen-bond donors (Lipinski definition) is 2. The van der Waals surface area contributed by atoms with Gasteiger partial charge in [0.15, 0.2) is 10.8 Å². The fourth-order valence-electron chi connectivity index (χ4n) is 3.11. The second-order valence-corrected chi connectivity index (χ2v) is 9.17. The predicted octanol–water partition coefficient (Wildman–Crippen LogP) is 5.00. The summed E-state index contributed by atoms with van der Waals surface area (Å²) in [5.41, 5.74) is 1.37. The molecule has 0 saturated heterocycles. The zero-order valence-corrected chi connectivity index (χ0v) is 19.7. The van der Waals surface area contributed by atoms with E-state index in [1.807, 2.05) is 0 Å². The Morgan fingerprint density at radius 1 is 1.09 bits per heavy atom. The van der Waals surface area contributed by atoms with Crippen LogP contribution in [-0.2, 0) is 16.6 Å². The van der Waals surface area contributed by atoms with Gasteiger partial charge in [0, 0.05) is 18.1 Å². The molecule has 0 atom stereocenters. The van der Waals surface area contributed by atoms with Crippen LogP contribution >= 0.6 is 35.6 Å². The Hall–Kier alpha value is -2.43. The molecule has 0 unspecified atom stereocenters. The second kappa shape index (κ2) is 9.60. The molecule has 2 N–H and O–H groups in total. The van der Waals surface area contributed by atoms with Gasteiger partial charge in [-0.05, 0) is 55.1 Å². The van der Waals surface area contributed by atoms with Gasteiger partial charge in [-0.1, -0.05) is 29.3 Å². The summed E-state index contributed by atoms with van der Waals surface area (Å²) in [4.78, 5) is 8.27. The number of halogens is 4. The van der Waals surface area contributed by atoms with E-state index in [-0.39, 0.29) is 33.3 Å². The van der Waals surface area contributed by atoms with Crippen LogP contribution in [-0.4, -0.2) is 29.4 Å². The smallest absolute Gasteiger partial charge is 0.269 e. The summed E-state index contributed by atoms with van der Waals surface area (Å²) in [6, 6.07) is 11.5. The summed E-state index contributed by atoms with van der Waals surface area (Å²) in [6.45, 7) is 0.420. The van der Waals surface area contributed by atoms with Crippen LogP contribution in [0, 0.1) is 5.82 Å². The minimum absolute atomic E-state index is 0. The van der Waals surface area contributed by atoms with Gasteiger partial charge < -0.3 is 10.6 Å². The maximum atomic E-state index is 13.7. The fraction of sp³-hybridized carbons (Fsp3) is 0.100. The maximum absolute atomic E-state index is 13.7. The minimum Gasteiger partial charge on any atom is -0.338 e. The first kappa shape index (κ1) is 24.2. The lowest BCUT2D eigenvalue weighted by Gasteiger charge is -2.10. The molecule has 0 aliphatic rings. The van der Waals surface area contributed by atoms with Gasteiger partial charge in [0.25, 0.3) is 10.0 Å². The Balaban J connectivity index is 0.00000289. The number of rotatable bonds is 6. The van der Waals surface area contributed by atoms with Gasteiger partial charge >= 0.3 is 0 Å². The Kier molecular flexibility index (Phi) is 7.26. The molecule has 168 valence electrons. The molecule has 1 aromatic carbocycles. The maximum Gasteiger partial charge on any atom is 0.269 e. The van der Waals surface area contributed by atoms with Crippen molar-refractivity contribution in [1.82, 2.24) is 19.3 Å². The van der Waals surface area contributed by atoms with Crippen LogP contribution < -0.4 is 10.6 Å². The monoisotopic (exact) mass is 515 g/mol. The largest absolute Gasteiger partial charge is 0.338 e. The molecule has 0 bridgehead atoms. The molecule has 0 saturated carbocycles. The zero-order valence-electron chi connectivity index (χ0n) is 16.5. The number of nitrogens with one attached hydrogen (secondary N) is 2. The highest BCUT2D eigenvalue weighted by Gasteiger charge is 2.23. The van der Waals surface area contributed by atoms with Gasteiger partial charge in [-0.25, -0.2) is 26.7 Å². The zero-order chi connectivity index (χ0) is 22.2. The van der Waals surface area contributed by atoms with Crippen LogP contribution in [0.15, 0.2) is 59.6 Å². The Morgan fingerprint density at radius 3 is 2.56 bits per heavy atom. The van der Waals surface area contributed by atoms with Crippen molar-refractivity contribution in [3.63, 3.8) is 0 Å². The van der Waals surface area contributed by atoms with Crippen LogP contribution in [0.3, 0.4) is 0 Å². The van der Waals surface area contributed by atoms with E-state index in [1.165, 1.54) is 24.4 Å². The standard InChI is InChI=1S/C20H16Cl2FN5O2S.ClH/c1-24-10-12-11-28(31(29,30)14-4-2-3-13(23)9-14)20-15(12)5-8-18(27-20)25-16-6-7-17(21)26-19(16)22;/h2-9,11,24H,10H2,1H3,(H,25,27);1H. The molecule has 0 spiro atoms. The van der Waals surface area contributed by atoms with Crippen molar-refractivity contribution in [2.45, 2.75) is 11.4 Å². The van der Waals surface area contributed by atoms with Crippen molar-refractivity contribution in [2.75, 3.05) is 12.4 Å². The quantitative estimate of drug-likeness (QED) is 0.351. The number of anilines is 2. The second-order valence-electron chi connectivity index (χ2n) is 6.61. The van der Waals surface area contributed by atoms with Crippen molar-refractivity contribution < 1.29 is 12.8 Å². The number of aromatic nitrogens is 3. The van der Waals surface area contributed by atoms with Gasteiger partial charge in [0.05, 0.1) is 10.6 Å². The van der Waals surface area contributed by atoms with Gasteiger partial charge in [0.2, 0.25) is 0 Å². The van der Waals surface area contributed by atoms with E-state index < -0.39 is 15.8 Å². The van der Waals surface area contributed by atoms with E-state index >= 15 is 0 Å². The molecule has 0 aliphatic carbocycles. The number of pyridine rings is 2. The third-order valence-corrected chi connectivity index (χ3v) is 6.65. The SMILES string of the molecule is CNCc1cn(S(=O)(=O)c2cccc(F)c2)c2nc(Nc3ccc(Cl)nc3Cl)ccc12.Cl. The summed E-state index contributed by atoms with van der Waals surface area (Å²) >= 11 is 11.9. The molecular weight excluding hydrogens is 500 g/mol. The molecule has 0 amide bonds. The van der Waals surface area contributed by atoms with Gasteiger partial charge in [-0.15, -0.1) is 12.4 Å². The minimum atomic E-state index is -4.09. The first-order valence-electron chi connectivity index (χ1n) is 9.05.